The minimum atomic E-state index is -0.295. The fourth-order valence-corrected chi connectivity index (χ4v) is 3.69. The van der Waals surface area contributed by atoms with Crippen LogP contribution in [0.25, 0.3) is 0 Å². The van der Waals surface area contributed by atoms with Crippen LogP contribution in [0.1, 0.15) is 33.7 Å². The number of hydrogen-bond acceptors (Lipinski definition) is 6. The monoisotopic (exact) mass is 363 g/mol. The Bertz CT molecular complexity index is 735. The molecular formula is C17H22FN5OS. The summed E-state index contributed by atoms with van der Waals surface area (Å²) in [6.07, 6.45) is 1.08. The molecule has 1 aromatic carbocycles. The Kier molecular flexibility index (Phi) is 5.41. The van der Waals surface area contributed by atoms with Gasteiger partial charge in [-0.05, 0) is 42.6 Å². The summed E-state index contributed by atoms with van der Waals surface area (Å²) < 4.78 is 12.9. The van der Waals surface area contributed by atoms with E-state index in [0.717, 1.165) is 30.1 Å². The van der Waals surface area contributed by atoms with E-state index in [1.807, 2.05) is 0 Å². The minimum absolute atomic E-state index is 0.167. The highest BCUT2D eigenvalue weighted by Gasteiger charge is 2.32. The van der Waals surface area contributed by atoms with E-state index < -0.39 is 0 Å². The van der Waals surface area contributed by atoms with E-state index in [1.54, 1.807) is 12.1 Å². The van der Waals surface area contributed by atoms with Gasteiger partial charge in [-0.2, -0.15) is 0 Å². The van der Waals surface area contributed by atoms with Gasteiger partial charge in [-0.15, -0.1) is 10.2 Å². The average Bonchev–Trinajstić information content (AvgIpc) is 3.22. The molecule has 8 heteroatoms. The van der Waals surface area contributed by atoms with Gasteiger partial charge in [-0.25, -0.2) is 4.39 Å². The number of carbonyl (C=O) groups excluding carboxylic acids is 1. The van der Waals surface area contributed by atoms with Crippen LogP contribution in [-0.4, -0.2) is 40.6 Å². The number of nitrogens with two attached hydrogens (primary N) is 1. The lowest BCUT2D eigenvalue weighted by atomic mass is 9.90. The normalized spacial score (nSPS) is 20.8. The lowest BCUT2D eigenvalue weighted by molar-refractivity contribution is 0.0950. The molecule has 0 radical (unpaired) electrons. The lowest BCUT2D eigenvalue weighted by Crippen LogP contribution is -2.31. The van der Waals surface area contributed by atoms with Crippen LogP contribution in [0, 0.1) is 11.2 Å². The van der Waals surface area contributed by atoms with Crippen molar-refractivity contribution in [1.82, 2.24) is 20.4 Å². The highest BCUT2D eigenvalue weighted by molar-refractivity contribution is 7.13. The average molecular weight is 363 g/mol. The predicted octanol–water partition coefficient (Wildman–Crippen LogP) is 1.78. The predicted molar refractivity (Wildman–Crippen MR) is 94.5 cm³/mol. The van der Waals surface area contributed by atoms with Gasteiger partial charge in [-0.1, -0.05) is 30.4 Å². The Balaban J connectivity index is 1.52. The molecule has 3 N–H and O–H groups in total. The van der Waals surface area contributed by atoms with Crippen LogP contribution < -0.4 is 11.1 Å². The van der Waals surface area contributed by atoms with Gasteiger partial charge < -0.3 is 11.1 Å². The summed E-state index contributed by atoms with van der Waals surface area (Å²) >= 11 is 1.31. The Morgan fingerprint density at radius 1 is 1.40 bits per heavy atom. The van der Waals surface area contributed by atoms with Crippen molar-refractivity contribution in [3.05, 3.63) is 45.7 Å². The maximum atomic E-state index is 12.9. The standard InChI is InChI=1S/C17H22FN5OS/c1-17(10-19)6-7-23(11-17)9-14-21-22-16(25-14)15(24)20-8-12-2-4-13(18)5-3-12/h2-5H,6-11,19H2,1H3,(H,20,24). The van der Waals surface area contributed by atoms with Gasteiger partial charge in [0.2, 0.25) is 5.01 Å². The summed E-state index contributed by atoms with van der Waals surface area (Å²) in [5.41, 5.74) is 6.83. The summed E-state index contributed by atoms with van der Waals surface area (Å²) in [5, 5.41) is 12.1. The molecule has 3 rings (SSSR count). The summed E-state index contributed by atoms with van der Waals surface area (Å²) in [6.45, 7) is 5.82. The van der Waals surface area contributed by atoms with Crippen LogP contribution in [0.3, 0.4) is 0 Å². The second kappa shape index (κ2) is 7.55. The van der Waals surface area contributed by atoms with Crippen LogP contribution in [0.2, 0.25) is 0 Å². The van der Waals surface area contributed by atoms with E-state index >= 15 is 0 Å². The van der Waals surface area contributed by atoms with E-state index in [9.17, 15) is 9.18 Å². The Morgan fingerprint density at radius 2 is 2.16 bits per heavy atom. The first-order valence-electron chi connectivity index (χ1n) is 8.25. The molecule has 6 nitrogen and oxygen atoms in total. The van der Waals surface area contributed by atoms with Crippen molar-refractivity contribution in [3.8, 4) is 0 Å². The molecule has 1 aliphatic rings. The number of nitrogens with zero attached hydrogens (tertiary/aromatic N) is 3. The topological polar surface area (TPSA) is 84.1 Å². The smallest absolute Gasteiger partial charge is 0.282 e. The van der Waals surface area contributed by atoms with Crippen molar-refractivity contribution in [2.75, 3.05) is 19.6 Å². The van der Waals surface area contributed by atoms with Gasteiger partial charge in [0.05, 0.1) is 6.54 Å². The molecule has 1 aromatic heterocycles. The largest absolute Gasteiger partial charge is 0.346 e. The number of hydrogen-bond donors (Lipinski definition) is 2. The SMILES string of the molecule is CC1(CN)CCN(Cc2nnc(C(=O)NCc3ccc(F)cc3)s2)C1. The molecule has 0 spiro atoms. The summed E-state index contributed by atoms with van der Waals surface area (Å²) in [7, 11) is 0. The van der Waals surface area contributed by atoms with Crippen molar-refractivity contribution in [1.29, 1.82) is 0 Å². The number of likely N-dealkylation sites (tertiary alicyclic amines) is 1. The van der Waals surface area contributed by atoms with Gasteiger partial charge >= 0.3 is 0 Å². The second-order valence-electron chi connectivity index (χ2n) is 6.79. The van der Waals surface area contributed by atoms with Crippen molar-refractivity contribution < 1.29 is 9.18 Å². The number of rotatable bonds is 6. The van der Waals surface area contributed by atoms with Crippen LogP contribution in [0.5, 0.6) is 0 Å². The van der Waals surface area contributed by atoms with Gasteiger partial charge in [0.1, 0.15) is 10.8 Å². The first-order chi connectivity index (χ1) is 12.0. The fourth-order valence-electron chi connectivity index (χ4n) is 2.89. The maximum absolute atomic E-state index is 12.9. The Labute approximate surface area is 150 Å². The third-order valence-electron chi connectivity index (χ3n) is 4.52. The van der Waals surface area contributed by atoms with E-state index in [-0.39, 0.29) is 17.1 Å². The van der Waals surface area contributed by atoms with E-state index in [1.165, 1.54) is 23.5 Å². The summed E-state index contributed by atoms with van der Waals surface area (Å²) in [4.78, 5) is 14.5. The molecule has 25 heavy (non-hydrogen) atoms. The van der Waals surface area contributed by atoms with Gasteiger partial charge in [0.15, 0.2) is 0 Å². The molecule has 0 bridgehead atoms. The van der Waals surface area contributed by atoms with Crippen LogP contribution in [-0.2, 0) is 13.1 Å². The Hall–Kier alpha value is -1.90. The molecule has 1 amide bonds. The molecule has 134 valence electrons. The molecule has 1 saturated heterocycles. The third-order valence-corrected chi connectivity index (χ3v) is 5.42. The second-order valence-corrected chi connectivity index (χ2v) is 7.85. The molecule has 1 atom stereocenters. The Morgan fingerprint density at radius 3 is 2.84 bits per heavy atom. The van der Waals surface area contributed by atoms with E-state index in [2.05, 4.69) is 27.3 Å². The molecule has 1 unspecified atom stereocenters. The zero-order valence-electron chi connectivity index (χ0n) is 14.2. The van der Waals surface area contributed by atoms with Crippen LogP contribution in [0.4, 0.5) is 4.39 Å². The van der Waals surface area contributed by atoms with Crippen LogP contribution in [0.15, 0.2) is 24.3 Å². The van der Waals surface area contributed by atoms with E-state index in [0.29, 0.717) is 24.6 Å². The minimum Gasteiger partial charge on any atom is -0.346 e. The third kappa shape index (κ3) is 4.59. The number of benzene rings is 1. The van der Waals surface area contributed by atoms with Gasteiger partial charge in [0, 0.05) is 13.1 Å². The van der Waals surface area contributed by atoms with Crippen molar-refractivity contribution >= 4 is 17.2 Å². The first kappa shape index (κ1) is 17.9. The van der Waals surface area contributed by atoms with Crippen molar-refractivity contribution in [2.24, 2.45) is 11.1 Å². The number of amides is 1. The molecule has 2 heterocycles. The van der Waals surface area contributed by atoms with Gasteiger partial charge in [0.25, 0.3) is 5.91 Å². The molecule has 0 saturated carbocycles. The van der Waals surface area contributed by atoms with Crippen molar-refractivity contribution in [2.45, 2.75) is 26.4 Å². The molecular weight excluding hydrogens is 341 g/mol. The number of carbonyl (C=O) groups is 1. The number of nitrogens with one attached hydrogen (secondary N) is 1. The zero-order valence-corrected chi connectivity index (χ0v) is 15.0. The molecule has 2 aromatic rings. The van der Waals surface area contributed by atoms with Crippen molar-refractivity contribution in [3.63, 3.8) is 0 Å². The first-order valence-corrected chi connectivity index (χ1v) is 9.06. The van der Waals surface area contributed by atoms with Crippen LogP contribution >= 0.6 is 11.3 Å². The summed E-state index contributed by atoms with van der Waals surface area (Å²) in [5.74, 6) is -0.558. The molecule has 1 fully saturated rings. The summed E-state index contributed by atoms with van der Waals surface area (Å²) in [6, 6.07) is 6.03. The zero-order chi connectivity index (χ0) is 17.9. The molecule has 1 aliphatic heterocycles. The quantitative estimate of drug-likeness (QED) is 0.817. The highest BCUT2D eigenvalue weighted by atomic mass is 32.1. The fraction of sp³-hybridized carbons (Fsp3) is 0.471. The maximum Gasteiger partial charge on any atom is 0.282 e. The lowest BCUT2D eigenvalue weighted by Gasteiger charge is -2.21. The highest BCUT2D eigenvalue weighted by Crippen LogP contribution is 2.29. The number of halogens is 1. The molecule has 0 aliphatic carbocycles. The number of aromatic nitrogens is 2. The van der Waals surface area contributed by atoms with Gasteiger partial charge in [-0.3, -0.25) is 9.69 Å². The van der Waals surface area contributed by atoms with E-state index in [4.69, 9.17) is 5.73 Å².